The van der Waals surface area contributed by atoms with Gasteiger partial charge in [-0.05, 0) is 43.7 Å². The van der Waals surface area contributed by atoms with Crippen LogP contribution in [0.2, 0.25) is 0 Å². The van der Waals surface area contributed by atoms with Gasteiger partial charge in [0.15, 0.2) is 0 Å². The zero-order valence-electron chi connectivity index (χ0n) is 16.7. The van der Waals surface area contributed by atoms with Crippen molar-refractivity contribution in [2.24, 2.45) is 0 Å². The molecule has 2 aliphatic rings. The van der Waals surface area contributed by atoms with Crippen LogP contribution in [0.5, 0.6) is 5.75 Å². The first kappa shape index (κ1) is 20.4. The first-order valence-corrected chi connectivity index (χ1v) is 11.3. The molecule has 10 heteroatoms. The molecule has 2 heterocycles. The van der Waals surface area contributed by atoms with Gasteiger partial charge < -0.3 is 9.64 Å². The number of fused-ring (bicyclic) bond motifs is 1. The highest BCUT2D eigenvalue weighted by Gasteiger charge is 2.33. The highest BCUT2D eigenvalue weighted by atomic mass is 32.2. The van der Waals surface area contributed by atoms with E-state index in [9.17, 15) is 18.5 Å². The van der Waals surface area contributed by atoms with Crippen LogP contribution in [0.4, 0.5) is 17.1 Å². The van der Waals surface area contributed by atoms with Crippen molar-refractivity contribution in [1.29, 1.82) is 0 Å². The Morgan fingerprint density at radius 3 is 2.73 bits per heavy atom. The summed E-state index contributed by atoms with van der Waals surface area (Å²) in [5, 5.41) is 11.8. The number of para-hydroxylation sites is 2. The molecule has 2 saturated heterocycles. The van der Waals surface area contributed by atoms with Gasteiger partial charge in [0.2, 0.25) is 0 Å². The van der Waals surface area contributed by atoms with E-state index in [1.54, 1.807) is 30.3 Å². The van der Waals surface area contributed by atoms with Gasteiger partial charge in [-0.25, -0.2) is 8.42 Å². The van der Waals surface area contributed by atoms with E-state index in [0.29, 0.717) is 30.6 Å². The van der Waals surface area contributed by atoms with E-state index in [-0.39, 0.29) is 16.3 Å². The minimum Gasteiger partial charge on any atom is -0.495 e. The van der Waals surface area contributed by atoms with E-state index in [4.69, 9.17) is 4.74 Å². The topological polar surface area (TPSA) is 105 Å². The van der Waals surface area contributed by atoms with Crippen LogP contribution in [0.3, 0.4) is 0 Å². The van der Waals surface area contributed by atoms with Gasteiger partial charge >= 0.3 is 0 Å². The summed E-state index contributed by atoms with van der Waals surface area (Å²) in [6.07, 6.45) is 2.23. The van der Waals surface area contributed by atoms with E-state index in [2.05, 4.69) is 9.62 Å². The minimum atomic E-state index is -4.02. The summed E-state index contributed by atoms with van der Waals surface area (Å²) in [5.41, 5.74) is 0.524. The van der Waals surface area contributed by atoms with Gasteiger partial charge in [0, 0.05) is 31.7 Å². The first-order valence-electron chi connectivity index (χ1n) is 9.82. The fourth-order valence-electron chi connectivity index (χ4n) is 4.23. The van der Waals surface area contributed by atoms with Gasteiger partial charge in [0.1, 0.15) is 11.4 Å². The number of methoxy groups -OCH3 is 1. The third-order valence-electron chi connectivity index (χ3n) is 5.73. The second-order valence-corrected chi connectivity index (χ2v) is 9.17. The van der Waals surface area contributed by atoms with Gasteiger partial charge in [-0.3, -0.25) is 19.7 Å². The summed E-state index contributed by atoms with van der Waals surface area (Å²) in [5.74, 6) is 0.363. The van der Waals surface area contributed by atoms with Crippen LogP contribution in [-0.2, 0) is 10.0 Å². The van der Waals surface area contributed by atoms with Crippen LogP contribution in [-0.4, -0.2) is 57.6 Å². The molecular formula is C20H24N4O5S. The molecule has 160 valence electrons. The van der Waals surface area contributed by atoms with Crippen LogP contribution in [0.15, 0.2) is 47.4 Å². The maximum Gasteiger partial charge on any atom is 0.293 e. The Balaban J connectivity index is 1.63. The molecule has 2 aliphatic heterocycles. The van der Waals surface area contributed by atoms with Crippen LogP contribution in [0.1, 0.15) is 12.8 Å². The van der Waals surface area contributed by atoms with E-state index in [1.807, 2.05) is 4.90 Å². The summed E-state index contributed by atoms with van der Waals surface area (Å²) >= 11 is 0. The smallest absolute Gasteiger partial charge is 0.293 e. The number of nitro benzene ring substituents is 1. The summed E-state index contributed by atoms with van der Waals surface area (Å²) in [6, 6.07) is 11.1. The fraction of sp³-hybridized carbons (Fsp3) is 0.400. The molecule has 0 amide bonds. The van der Waals surface area contributed by atoms with Crippen molar-refractivity contribution in [2.45, 2.75) is 23.8 Å². The SMILES string of the molecule is COc1ccccc1NS(=O)(=O)c1ccc(N2CCN3CCCC3C2)c([N+](=O)[O-])c1. The average molecular weight is 433 g/mol. The number of rotatable bonds is 6. The second-order valence-electron chi connectivity index (χ2n) is 7.49. The van der Waals surface area contributed by atoms with E-state index in [1.165, 1.54) is 13.2 Å². The maximum absolute atomic E-state index is 12.9. The third-order valence-corrected chi connectivity index (χ3v) is 7.10. The van der Waals surface area contributed by atoms with E-state index >= 15 is 0 Å². The lowest BCUT2D eigenvalue weighted by Crippen LogP contribution is -2.50. The van der Waals surface area contributed by atoms with Crippen molar-refractivity contribution < 1.29 is 18.1 Å². The predicted octanol–water partition coefficient (Wildman–Crippen LogP) is 2.69. The molecule has 1 unspecified atom stereocenters. The molecule has 0 bridgehead atoms. The Morgan fingerprint density at radius 2 is 1.97 bits per heavy atom. The van der Waals surface area contributed by atoms with Crippen LogP contribution >= 0.6 is 0 Å². The van der Waals surface area contributed by atoms with Gasteiger partial charge in [-0.1, -0.05) is 12.1 Å². The molecule has 0 radical (unpaired) electrons. The lowest BCUT2D eigenvalue weighted by atomic mass is 10.1. The van der Waals surface area contributed by atoms with Crippen molar-refractivity contribution in [1.82, 2.24) is 4.90 Å². The molecule has 0 aromatic heterocycles. The Labute approximate surface area is 175 Å². The summed E-state index contributed by atoms with van der Waals surface area (Å²) in [4.78, 5) is 15.5. The molecule has 2 fully saturated rings. The molecule has 1 N–H and O–H groups in total. The highest BCUT2D eigenvalue weighted by molar-refractivity contribution is 7.92. The number of nitro groups is 1. The lowest BCUT2D eigenvalue weighted by Gasteiger charge is -2.38. The number of ether oxygens (including phenoxy) is 1. The van der Waals surface area contributed by atoms with Gasteiger partial charge in [0.25, 0.3) is 15.7 Å². The van der Waals surface area contributed by atoms with E-state index < -0.39 is 14.9 Å². The van der Waals surface area contributed by atoms with Gasteiger partial charge in [-0.2, -0.15) is 0 Å². The molecule has 9 nitrogen and oxygen atoms in total. The first-order chi connectivity index (χ1) is 14.4. The standard InChI is InChI=1S/C20H24N4O5S/c1-29-20-7-3-2-6-17(20)21-30(27,28)16-8-9-18(19(13-16)24(25)26)23-12-11-22-10-4-5-15(22)14-23/h2-3,6-9,13,15,21H,4-5,10-12,14H2,1H3. The van der Waals surface area contributed by atoms with Crippen molar-refractivity contribution in [3.8, 4) is 5.75 Å². The number of benzene rings is 2. The Bertz CT molecular complexity index is 1060. The molecule has 4 rings (SSSR count). The zero-order valence-corrected chi connectivity index (χ0v) is 17.5. The number of hydrogen-bond acceptors (Lipinski definition) is 7. The molecule has 2 aromatic rings. The number of anilines is 2. The van der Waals surface area contributed by atoms with Crippen LogP contribution < -0.4 is 14.4 Å². The van der Waals surface area contributed by atoms with Crippen molar-refractivity contribution in [2.75, 3.05) is 42.9 Å². The molecule has 0 saturated carbocycles. The molecule has 30 heavy (non-hydrogen) atoms. The number of nitrogens with zero attached hydrogens (tertiary/aromatic N) is 3. The molecule has 0 aliphatic carbocycles. The maximum atomic E-state index is 12.9. The van der Waals surface area contributed by atoms with E-state index in [0.717, 1.165) is 32.0 Å². The minimum absolute atomic E-state index is 0.164. The normalized spacial score (nSPS) is 19.4. The van der Waals surface area contributed by atoms with Crippen molar-refractivity contribution in [3.05, 3.63) is 52.6 Å². The molecule has 2 aromatic carbocycles. The van der Waals surface area contributed by atoms with Gasteiger partial charge in [0.05, 0.1) is 22.6 Å². The number of piperazine rings is 1. The van der Waals surface area contributed by atoms with Crippen LogP contribution in [0, 0.1) is 10.1 Å². The zero-order chi connectivity index (χ0) is 21.3. The molecule has 1 atom stereocenters. The van der Waals surface area contributed by atoms with Crippen molar-refractivity contribution >= 4 is 27.1 Å². The third kappa shape index (κ3) is 3.92. The predicted molar refractivity (Wildman–Crippen MR) is 114 cm³/mol. The number of sulfonamides is 1. The Kier molecular flexibility index (Phi) is 5.52. The quantitative estimate of drug-likeness (QED) is 0.553. The van der Waals surface area contributed by atoms with Crippen LogP contribution in [0.25, 0.3) is 0 Å². The monoisotopic (exact) mass is 432 g/mol. The summed E-state index contributed by atoms with van der Waals surface area (Å²) in [6.45, 7) is 3.33. The highest BCUT2D eigenvalue weighted by Crippen LogP contribution is 2.35. The Hall–Kier alpha value is -2.85. The summed E-state index contributed by atoms with van der Waals surface area (Å²) < 4.78 is 33.4. The lowest BCUT2D eigenvalue weighted by molar-refractivity contribution is -0.384. The largest absolute Gasteiger partial charge is 0.495 e. The number of nitrogens with one attached hydrogen (secondary N) is 1. The second kappa shape index (κ2) is 8.11. The van der Waals surface area contributed by atoms with Gasteiger partial charge in [-0.15, -0.1) is 0 Å². The molecular weight excluding hydrogens is 408 g/mol. The van der Waals surface area contributed by atoms with Crippen molar-refractivity contribution in [3.63, 3.8) is 0 Å². The Morgan fingerprint density at radius 1 is 1.17 bits per heavy atom. The fourth-order valence-corrected chi connectivity index (χ4v) is 5.32. The molecule has 0 spiro atoms. The summed E-state index contributed by atoms with van der Waals surface area (Å²) in [7, 11) is -2.58. The average Bonchev–Trinajstić information content (AvgIpc) is 3.21. The number of hydrogen-bond donors (Lipinski definition) is 1.